The predicted octanol–water partition coefficient (Wildman–Crippen LogP) is 4.10. The van der Waals surface area contributed by atoms with Gasteiger partial charge >= 0.3 is 0 Å². The van der Waals surface area contributed by atoms with Gasteiger partial charge in [0.2, 0.25) is 11.8 Å². The topological polar surface area (TPSA) is 86.2 Å². The molecule has 0 saturated heterocycles. The smallest absolute Gasteiger partial charge is 0.213 e. The Morgan fingerprint density at radius 3 is 2.85 bits per heavy atom. The molecule has 0 spiro atoms. The van der Waals surface area contributed by atoms with E-state index in [9.17, 15) is 9.50 Å². The number of nitrogen functional groups attached to an aromatic ring is 1. The van der Waals surface area contributed by atoms with Gasteiger partial charge in [-0.3, -0.25) is 0 Å². The molecule has 6 nitrogen and oxygen atoms in total. The molecule has 27 heavy (non-hydrogen) atoms. The third-order valence-corrected chi connectivity index (χ3v) is 4.67. The van der Waals surface area contributed by atoms with Crippen LogP contribution >= 0.6 is 0 Å². The Bertz CT molecular complexity index is 1170. The quantitative estimate of drug-likeness (QED) is 0.531. The lowest BCUT2D eigenvalue weighted by Gasteiger charge is -2.12. The maximum Gasteiger partial charge on any atom is 0.213 e. The van der Waals surface area contributed by atoms with Crippen LogP contribution in [0.5, 0.6) is 11.6 Å². The van der Waals surface area contributed by atoms with Crippen molar-refractivity contribution in [2.24, 2.45) is 0 Å². The molecular formula is C20H19FN4O2. The summed E-state index contributed by atoms with van der Waals surface area (Å²) in [5.74, 6) is -0.0592. The molecule has 0 aliphatic rings. The second-order valence-electron chi connectivity index (χ2n) is 6.34. The van der Waals surface area contributed by atoms with Crippen LogP contribution in [0, 0.1) is 5.95 Å². The van der Waals surface area contributed by atoms with E-state index in [1.165, 1.54) is 19.4 Å². The summed E-state index contributed by atoms with van der Waals surface area (Å²) in [4.78, 5) is 8.37. The molecule has 1 aromatic carbocycles. The number of methoxy groups -OCH3 is 1. The van der Waals surface area contributed by atoms with Gasteiger partial charge in [-0.15, -0.1) is 0 Å². The first-order valence-electron chi connectivity index (χ1n) is 8.65. The van der Waals surface area contributed by atoms with Gasteiger partial charge in [0.1, 0.15) is 5.75 Å². The minimum Gasteiger partial charge on any atom is -0.494 e. The predicted molar refractivity (Wildman–Crippen MR) is 103 cm³/mol. The van der Waals surface area contributed by atoms with Gasteiger partial charge in [-0.2, -0.15) is 4.39 Å². The van der Waals surface area contributed by atoms with Gasteiger partial charge in [0, 0.05) is 35.3 Å². The summed E-state index contributed by atoms with van der Waals surface area (Å²) in [6, 6.07) is 6.80. The van der Waals surface area contributed by atoms with Crippen molar-refractivity contribution in [3.05, 3.63) is 42.6 Å². The summed E-state index contributed by atoms with van der Waals surface area (Å²) >= 11 is 0. The van der Waals surface area contributed by atoms with Crippen LogP contribution < -0.4 is 10.5 Å². The lowest BCUT2D eigenvalue weighted by molar-refractivity contribution is 0.412. The normalized spacial score (nSPS) is 11.4. The molecule has 0 aliphatic heterocycles. The molecule has 3 heterocycles. The van der Waals surface area contributed by atoms with Crippen molar-refractivity contribution in [1.29, 1.82) is 0 Å². The van der Waals surface area contributed by atoms with Crippen LogP contribution in [0.25, 0.3) is 32.9 Å². The lowest BCUT2D eigenvalue weighted by Crippen LogP contribution is -1.96. The van der Waals surface area contributed by atoms with Gasteiger partial charge in [-0.05, 0) is 6.42 Å². The Morgan fingerprint density at radius 1 is 1.30 bits per heavy atom. The fourth-order valence-corrected chi connectivity index (χ4v) is 3.43. The highest BCUT2D eigenvalue weighted by atomic mass is 19.1. The van der Waals surface area contributed by atoms with Crippen LogP contribution in [0.15, 0.2) is 36.7 Å². The number of nitrogens with two attached hydrogens (primary N) is 1. The lowest BCUT2D eigenvalue weighted by atomic mass is 10.0. The summed E-state index contributed by atoms with van der Waals surface area (Å²) in [6.07, 6.45) is 3.99. The highest BCUT2D eigenvalue weighted by Crippen LogP contribution is 2.40. The number of rotatable bonds is 4. The average molecular weight is 366 g/mol. The number of para-hydroxylation sites is 1. The van der Waals surface area contributed by atoms with E-state index in [2.05, 4.69) is 4.98 Å². The Balaban J connectivity index is 2.07. The molecule has 3 N–H and O–H groups in total. The van der Waals surface area contributed by atoms with E-state index in [1.54, 1.807) is 10.8 Å². The second-order valence-corrected chi connectivity index (χ2v) is 6.34. The molecule has 3 aromatic heterocycles. The van der Waals surface area contributed by atoms with Crippen molar-refractivity contribution in [2.75, 3.05) is 12.8 Å². The van der Waals surface area contributed by atoms with Gasteiger partial charge in [-0.25, -0.2) is 9.97 Å². The number of pyridine rings is 2. The van der Waals surface area contributed by atoms with E-state index >= 15 is 0 Å². The standard InChI is InChI=1S/C20H19FN4O2/c1-3-7-25-10-14-17(20(25)26)18(22)12-6-4-5-11(19(12)24-14)13-8-16(21)23-9-15(13)27-2/h4-6,8-10,26H,3,7,22H2,1-2H3. The van der Waals surface area contributed by atoms with Crippen LogP contribution in [0.4, 0.5) is 10.1 Å². The van der Waals surface area contributed by atoms with E-state index in [-0.39, 0.29) is 5.88 Å². The van der Waals surface area contributed by atoms with Crippen molar-refractivity contribution < 1.29 is 14.2 Å². The van der Waals surface area contributed by atoms with Crippen LogP contribution in [0.2, 0.25) is 0 Å². The first-order chi connectivity index (χ1) is 13.0. The molecule has 0 fully saturated rings. The zero-order valence-electron chi connectivity index (χ0n) is 15.0. The van der Waals surface area contributed by atoms with Gasteiger partial charge in [0.15, 0.2) is 0 Å². The number of hydrogen-bond acceptors (Lipinski definition) is 5. The molecule has 0 amide bonds. The largest absolute Gasteiger partial charge is 0.494 e. The van der Waals surface area contributed by atoms with Gasteiger partial charge in [0.05, 0.1) is 35.4 Å². The number of benzene rings is 1. The highest BCUT2D eigenvalue weighted by Gasteiger charge is 2.19. The number of nitrogens with zero attached hydrogens (tertiary/aromatic N) is 3. The third kappa shape index (κ3) is 2.63. The maximum absolute atomic E-state index is 13.8. The van der Waals surface area contributed by atoms with Crippen molar-refractivity contribution in [1.82, 2.24) is 14.5 Å². The van der Waals surface area contributed by atoms with E-state index in [0.29, 0.717) is 50.9 Å². The Morgan fingerprint density at radius 2 is 2.11 bits per heavy atom. The molecule has 4 rings (SSSR count). The second kappa shape index (κ2) is 6.42. The van der Waals surface area contributed by atoms with Crippen LogP contribution in [-0.2, 0) is 6.54 Å². The number of ether oxygens (including phenoxy) is 1. The Kier molecular flexibility index (Phi) is 4.07. The number of aromatic nitrogens is 3. The van der Waals surface area contributed by atoms with Crippen LogP contribution in [0.1, 0.15) is 13.3 Å². The summed E-state index contributed by atoms with van der Waals surface area (Å²) in [5.41, 5.74) is 9.25. The first-order valence-corrected chi connectivity index (χ1v) is 8.65. The number of aromatic hydroxyl groups is 1. The summed E-state index contributed by atoms with van der Waals surface area (Å²) < 4.78 is 20.9. The number of hydrogen-bond donors (Lipinski definition) is 2. The van der Waals surface area contributed by atoms with Crippen molar-refractivity contribution in [3.8, 4) is 22.8 Å². The summed E-state index contributed by atoms with van der Waals surface area (Å²) in [6.45, 7) is 2.69. The molecule has 0 radical (unpaired) electrons. The maximum atomic E-state index is 13.8. The monoisotopic (exact) mass is 366 g/mol. The van der Waals surface area contributed by atoms with Crippen LogP contribution in [0.3, 0.4) is 0 Å². The Hall–Kier alpha value is -3.35. The number of fused-ring (bicyclic) bond motifs is 2. The molecule has 7 heteroatoms. The summed E-state index contributed by atoms with van der Waals surface area (Å²) in [5, 5.41) is 11.7. The first kappa shape index (κ1) is 17.1. The fourth-order valence-electron chi connectivity index (χ4n) is 3.43. The van der Waals surface area contributed by atoms with E-state index in [1.807, 2.05) is 25.1 Å². The molecule has 4 aromatic rings. The molecule has 0 aliphatic carbocycles. The van der Waals surface area contributed by atoms with E-state index < -0.39 is 5.95 Å². The van der Waals surface area contributed by atoms with Crippen LogP contribution in [-0.4, -0.2) is 26.8 Å². The number of halogens is 1. The fraction of sp³-hybridized carbons (Fsp3) is 0.200. The van der Waals surface area contributed by atoms with Crippen molar-refractivity contribution >= 4 is 27.5 Å². The zero-order chi connectivity index (χ0) is 19.1. The minimum absolute atomic E-state index is 0.108. The highest BCUT2D eigenvalue weighted by molar-refractivity contribution is 6.12. The molecular weight excluding hydrogens is 347 g/mol. The molecule has 0 atom stereocenters. The average Bonchev–Trinajstić information content (AvgIpc) is 2.97. The van der Waals surface area contributed by atoms with Gasteiger partial charge < -0.3 is 20.1 Å². The van der Waals surface area contributed by atoms with E-state index in [4.69, 9.17) is 15.5 Å². The molecule has 0 unspecified atom stereocenters. The third-order valence-electron chi connectivity index (χ3n) is 4.67. The zero-order valence-corrected chi connectivity index (χ0v) is 15.0. The van der Waals surface area contributed by atoms with Gasteiger partial charge in [0.25, 0.3) is 0 Å². The number of anilines is 1. The minimum atomic E-state index is -0.608. The van der Waals surface area contributed by atoms with E-state index in [0.717, 1.165) is 6.42 Å². The molecule has 0 saturated carbocycles. The molecule has 138 valence electrons. The Labute approximate surface area is 155 Å². The van der Waals surface area contributed by atoms with Gasteiger partial charge in [-0.1, -0.05) is 25.1 Å². The SMILES string of the molecule is CCCn1cc2nc3c(-c4cc(F)ncc4OC)cccc3c(N)c2c1O. The van der Waals surface area contributed by atoms with Crippen molar-refractivity contribution in [2.45, 2.75) is 19.9 Å². The molecule has 0 bridgehead atoms. The number of aryl methyl sites for hydroxylation is 1. The summed E-state index contributed by atoms with van der Waals surface area (Å²) in [7, 11) is 1.51. The van der Waals surface area contributed by atoms with Crippen molar-refractivity contribution in [3.63, 3.8) is 0 Å².